The van der Waals surface area contributed by atoms with Crippen LogP contribution in [0.2, 0.25) is 0 Å². The van der Waals surface area contributed by atoms with E-state index in [1.165, 1.54) is 0 Å². The number of guanidine groups is 1. The lowest BCUT2D eigenvalue weighted by atomic mass is 10.0. The van der Waals surface area contributed by atoms with Crippen molar-refractivity contribution in [2.45, 2.75) is 33.1 Å². The first kappa shape index (κ1) is 23.9. The van der Waals surface area contributed by atoms with E-state index >= 15 is 0 Å². The summed E-state index contributed by atoms with van der Waals surface area (Å²) in [7, 11) is 1.78. The Hall–Kier alpha value is -0.120. The van der Waals surface area contributed by atoms with Crippen molar-refractivity contribution in [1.29, 1.82) is 0 Å². The molecule has 0 aromatic heterocycles. The van der Waals surface area contributed by atoms with Crippen LogP contribution in [0.4, 0.5) is 0 Å². The molecule has 0 amide bonds. The molecule has 144 valence electrons. The van der Waals surface area contributed by atoms with Gasteiger partial charge >= 0.3 is 0 Å². The average Bonchev–Trinajstić information content (AvgIpc) is 2.56. The first-order chi connectivity index (χ1) is 11.2. The predicted molar refractivity (Wildman–Crippen MR) is 109 cm³/mol. The van der Waals surface area contributed by atoms with Crippen molar-refractivity contribution in [2.75, 3.05) is 59.8 Å². The first-order valence-electron chi connectivity index (χ1n) is 8.90. The Balaban J connectivity index is 0.00000529. The number of nitrogens with one attached hydrogen (secondary N) is 2. The largest absolute Gasteiger partial charge is 0.381 e. The molecule has 1 saturated heterocycles. The van der Waals surface area contributed by atoms with Crippen molar-refractivity contribution in [3.63, 3.8) is 0 Å². The number of rotatable bonds is 11. The molecule has 0 radical (unpaired) electrons. The van der Waals surface area contributed by atoms with E-state index in [0.29, 0.717) is 18.4 Å². The third-order valence-corrected chi connectivity index (χ3v) is 3.67. The monoisotopic (exact) mass is 457 g/mol. The molecule has 1 heterocycles. The normalized spacial score (nSPS) is 16.1. The van der Waals surface area contributed by atoms with Crippen LogP contribution in [-0.2, 0) is 14.2 Å². The summed E-state index contributed by atoms with van der Waals surface area (Å²) in [5.41, 5.74) is 0. The van der Waals surface area contributed by atoms with Gasteiger partial charge in [0.15, 0.2) is 5.96 Å². The maximum Gasteiger partial charge on any atom is 0.191 e. The zero-order valence-corrected chi connectivity index (χ0v) is 17.8. The van der Waals surface area contributed by atoms with Crippen molar-refractivity contribution in [1.82, 2.24) is 10.6 Å². The lowest BCUT2D eigenvalue weighted by Gasteiger charge is -2.21. The Morgan fingerprint density at radius 1 is 1.12 bits per heavy atom. The van der Waals surface area contributed by atoms with Gasteiger partial charge in [0.25, 0.3) is 0 Å². The fourth-order valence-electron chi connectivity index (χ4n) is 2.33. The van der Waals surface area contributed by atoms with Gasteiger partial charge in [-0.1, -0.05) is 13.8 Å². The van der Waals surface area contributed by atoms with Crippen molar-refractivity contribution in [3.8, 4) is 0 Å². The highest BCUT2D eigenvalue weighted by atomic mass is 127. The quantitative estimate of drug-likeness (QED) is 0.216. The molecule has 6 nitrogen and oxygen atoms in total. The summed E-state index contributed by atoms with van der Waals surface area (Å²) in [6.45, 7) is 10.9. The highest BCUT2D eigenvalue weighted by molar-refractivity contribution is 14.0. The van der Waals surface area contributed by atoms with E-state index in [0.717, 1.165) is 71.3 Å². The number of halogens is 1. The molecule has 2 N–H and O–H groups in total. The summed E-state index contributed by atoms with van der Waals surface area (Å²) >= 11 is 0. The summed E-state index contributed by atoms with van der Waals surface area (Å²) in [4.78, 5) is 4.20. The second kappa shape index (κ2) is 16.4. The van der Waals surface area contributed by atoms with Gasteiger partial charge in [0.2, 0.25) is 0 Å². The molecule has 0 atom stereocenters. The van der Waals surface area contributed by atoms with Gasteiger partial charge in [0, 0.05) is 53.2 Å². The van der Waals surface area contributed by atoms with Gasteiger partial charge in [-0.05, 0) is 31.1 Å². The highest BCUT2D eigenvalue weighted by Crippen LogP contribution is 2.14. The number of nitrogens with zero attached hydrogens (tertiary/aromatic N) is 1. The summed E-state index contributed by atoms with van der Waals surface area (Å²) in [6, 6.07) is 0. The third-order valence-electron chi connectivity index (χ3n) is 3.67. The van der Waals surface area contributed by atoms with E-state index < -0.39 is 0 Å². The molecule has 1 aliphatic rings. The van der Waals surface area contributed by atoms with E-state index in [4.69, 9.17) is 14.2 Å². The second-order valence-corrected chi connectivity index (χ2v) is 6.38. The third kappa shape index (κ3) is 13.2. The number of hydrogen-bond acceptors (Lipinski definition) is 4. The van der Waals surface area contributed by atoms with Crippen molar-refractivity contribution in [3.05, 3.63) is 0 Å². The predicted octanol–water partition coefficient (Wildman–Crippen LogP) is 2.28. The molecule has 1 fully saturated rings. The maximum atomic E-state index is 5.75. The molecule has 0 spiro atoms. The molecule has 7 heteroatoms. The fourth-order valence-corrected chi connectivity index (χ4v) is 2.33. The van der Waals surface area contributed by atoms with Gasteiger partial charge in [0.05, 0.1) is 6.61 Å². The minimum absolute atomic E-state index is 0. The van der Waals surface area contributed by atoms with Gasteiger partial charge in [-0.15, -0.1) is 24.0 Å². The SMILES string of the molecule is CN=C(NCCCOCC1CCOCC1)NCCOCC(C)C.I. The van der Waals surface area contributed by atoms with Gasteiger partial charge in [-0.3, -0.25) is 4.99 Å². The Morgan fingerprint density at radius 3 is 2.50 bits per heavy atom. The van der Waals surface area contributed by atoms with Crippen LogP contribution in [0.5, 0.6) is 0 Å². The zero-order chi connectivity index (χ0) is 16.8. The lowest BCUT2D eigenvalue weighted by molar-refractivity contribution is 0.0203. The molecule has 1 rings (SSSR count). The minimum atomic E-state index is 0. The Bertz CT molecular complexity index is 311. The molecule has 0 aliphatic carbocycles. The number of aliphatic imine (C=N–C) groups is 1. The van der Waals surface area contributed by atoms with Crippen LogP contribution in [0.3, 0.4) is 0 Å². The molecule has 1 aliphatic heterocycles. The van der Waals surface area contributed by atoms with Crippen LogP contribution >= 0.6 is 24.0 Å². The zero-order valence-electron chi connectivity index (χ0n) is 15.5. The standard InChI is InChI=1S/C17H35N3O3.HI/c1-15(2)13-23-12-8-20-17(18-3)19-7-4-9-22-14-16-5-10-21-11-6-16;/h15-16H,4-14H2,1-3H3,(H2,18,19,20);1H. The maximum absolute atomic E-state index is 5.75. The summed E-state index contributed by atoms with van der Waals surface area (Å²) < 4.78 is 16.6. The minimum Gasteiger partial charge on any atom is -0.381 e. The summed E-state index contributed by atoms with van der Waals surface area (Å²) in [5, 5.41) is 6.54. The topological polar surface area (TPSA) is 64.1 Å². The smallest absolute Gasteiger partial charge is 0.191 e. The molecular weight excluding hydrogens is 421 g/mol. The van der Waals surface area contributed by atoms with Crippen molar-refractivity contribution < 1.29 is 14.2 Å². The molecule has 24 heavy (non-hydrogen) atoms. The highest BCUT2D eigenvalue weighted by Gasteiger charge is 2.13. The fraction of sp³-hybridized carbons (Fsp3) is 0.941. The first-order valence-corrected chi connectivity index (χ1v) is 8.90. The Labute approximate surface area is 164 Å². The summed E-state index contributed by atoms with van der Waals surface area (Å²) in [6.07, 6.45) is 3.25. The molecule has 0 bridgehead atoms. The average molecular weight is 457 g/mol. The van der Waals surface area contributed by atoms with Crippen LogP contribution in [0.1, 0.15) is 33.1 Å². The van der Waals surface area contributed by atoms with E-state index in [2.05, 4.69) is 29.5 Å². The van der Waals surface area contributed by atoms with Crippen molar-refractivity contribution >= 4 is 29.9 Å². The molecule has 0 unspecified atom stereocenters. The van der Waals surface area contributed by atoms with Gasteiger partial charge in [-0.25, -0.2) is 0 Å². The second-order valence-electron chi connectivity index (χ2n) is 6.38. The molecule has 0 aromatic carbocycles. The lowest BCUT2D eigenvalue weighted by Crippen LogP contribution is -2.39. The van der Waals surface area contributed by atoms with E-state index in [1.807, 2.05) is 0 Å². The van der Waals surface area contributed by atoms with E-state index in [1.54, 1.807) is 7.05 Å². The summed E-state index contributed by atoms with van der Waals surface area (Å²) in [5.74, 6) is 2.08. The van der Waals surface area contributed by atoms with Crippen LogP contribution < -0.4 is 10.6 Å². The van der Waals surface area contributed by atoms with Gasteiger partial charge < -0.3 is 24.8 Å². The van der Waals surface area contributed by atoms with Crippen LogP contribution in [0.25, 0.3) is 0 Å². The van der Waals surface area contributed by atoms with Crippen LogP contribution in [-0.4, -0.2) is 65.7 Å². The molecule has 0 saturated carbocycles. The molecule has 0 aromatic rings. The van der Waals surface area contributed by atoms with Gasteiger partial charge in [-0.2, -0.15) is 0 Å². The van der Waals surface area contributed by atoms with E-state index in [-0.39, 0.29) is 24.0 Å². The number of ether oxygens (including phenoxy) is 3. The Kier molecular flexibility index (Phi) is 16.3. The van der Waals surface area contributed by atoms with Gasteiger partial charge in [0.1, 0.15) is 0 Å². The van der Waals surface area contributed by atoms with Crippen molar-refractivity contribution in [2.24, 2.45) is 16.8 Å². The van der Waals surface area contributed by atoms with E-state index in [9.17, 15) is 0 Å². The number of hydrogen-bond donors (Lipinski definition) is 2. The molecular formula is C17H36IN3O3. The van der Waals surface area contributed by atoms with Crippen LogP contribution in [0.15, 0.2) is 4.99 Å². The Morgan fingerprint density at radius 2 is 1.83 bits per heavy atom. The van der Waals surface area contributed by atoms with Crippen LogP contribution in [0, 0.1) is 11.8 Å².